The summed E-state index contributed by atoms with van der Waals surface area (Å²) in [5, 5.41) is 0. The summed E-state index contributed by atoms with van der Waals surface area (Å²) < 4.78 is 13.7. The lowest BCUT2D eigenvalue weighted by Gasteiger charge is -2.32. The van der Waals surface area contributed by atoms with Gasteiger partial charge in [0.1, 0.15) is 5.82 Å². The van der Waals surface area contributed by atoms with Gasteiger partial charge in [-0.2, -0.15) is 0 Å². The molecule has 25 heavy (non-hydrogen) atoms. The van der Waals surface area contributed by atoms with Crippen LogP contribution in [0.3, 0.4) is 0 Å². The minimum atomic E-state index is -0.283. The van der Waals surface area contributed by atoms with Crippen molar-refractivity contribution in [1.82, 2.24) is 14.9 Å². The van der Waals surface area contributed by atoms with Crippen LogP contribution in [0.2, 0.25) is 0 Å². The summed E-state index contributed by atoms with van der Waals surface area (Å²) in [5.41, 5.74) is 2.48. The zero-order chi connectivity index (χ0) is 18.0. The third kappa shape index (κ3) is 3.78. The van der Waals surface area contributed by atoms with Crippen LogP contribution in [-0.2, 0) is 4.79 Å². The molecule has 132 valence electrons. The summed E-state index contributed by atoms with van der Waals surface area (Å²) in [6, 6.07) is 6.49. The molecule has 1 atom stereocenters. The lowest BCUT2D eigenvalue weighted by molar-refractivity contribution is -0.130. The SMILES string of the molecule is CC(=O)N1CCC[C@H](c2nc(N(C)C)ncc2-c2cccc(F)c2)C1. The van der Waals surface area contributed by atoms with Gasteiger partial charge in [0.25, 0.3) is 0 Å². The van der Waals surface area contributed by atoms with Gasteiger partial charge in [-0.25, -0.2) is 14.4 Å². The van der Waals surface area contributed by atoms with Gasteiger partial charge >= 0.3 is 0 Å². The first-order valence-electron chi connectivity index (χ1n) is 8.51. The summed E-state index contributed by atoms with van der Waals surface area (Å²) in [7, 11) is 3.79. The molecule has 3 rings (SSSR count). The average Bonchev–Trinajstić information content (AvgIpc) is 2.61. The zero-order valence-corrected chi connectivity index (χ0v) is 14.9. The molecule has 0 N–H and O–H groups in total. The first-order valence-corrected chi connectivity index (χ1v) is 8.51. The Bertz CT molecular complexity index is 778. The molecule has 0 bridgehead atoms. The number of benzene rings is 1. The maximum atomic E-state index is 13.7. The van der Waals surface area contributed by atoms with Crippen LogP contribution in [-0.4, -0.2) is 48.0 Å². The van der Waals surface area contributed by atoms with Crippen molar-refractivity contribution < 1.29 is 9.18 Å². The van der Waals surface area contributed by atoms with Crippen molar-refractivity contribution in [3.8, 4) is 11.1 Å². The van der Waals surface area contributed by atoms with Crippen molar-refractivity contribution in [2.45, 2.75) is 25.7 Å². The van der Waals surface area contributed by atoms with E-state index in [0.717, 1.165) is 36.2 Å². The summed E-state index contributed by atoms with van der Waals surface area (Å²) >= 11 is 0. The molecule has 5 nitrogen and oxygen atoms in total. The zero-order valence-electron chi connectivity index (χ0n) is 14.9. The van der Waals surface area contributed by atoms with Crippen molar-refractivity contribution in [1.29, 1.82) is 0 Å². The lowest BCUT2D eigenvalue weighted by Crippen LogP contribution is -2.38. The third-order valence-corrected chi connectivity index (χ3v) is 4.59. The van der Waals surface area contributed by atoms with E-state index < -0.39 is 0 Å². The fraction of sp³-hybridized carbons (Fsp3) is 0.421. The number of nitrogens with zero attached hydrogens (tertiary/aromatic N) is 4. The number of anilines is 1. The van der Waals surface area contributed by atoms with E-state index in [1.165, 1.54) is 12.1 Å². The highest BCUT2D eigenvalue weighted by Crippen LogP contribution is 2.34. The molecule has 1 saturated heterocycles. The Labute approximate surface area is 147 Å². The van der Waals surface area contributed by atoms with Crippen LogP contribution < -0.4 is 4.90 Å². The Morgan fingerprint density at radius 1 is 1.36 bits per heavy atom. The molecule has 1 aliphatic rings. The Balaban J connectivity index is 2.05. The molecule has 2 aromatic rings. The molecule has 0 radical (unpaired) electrons. The van der Waals surface area contributed by atoms with E-state index in [9.17, 15) is 9.18 Å². The topological polar surface area (TPSA) is 49.3 Å². The Kier molecular flexibility index (Phi) is 4.97. The van der Waals surface area contributed by atoms with Crippen molar-refractivity contribution in [3.05, 3.63) is 42.0 Å². The van der Waals surface area contributed by atoms with Crippen LogP contribution in [0.4, 0.5) is 10.3 Å². The van der Waals surface area contributed by atoms with Gasteiger partial charge in [-0.05, 0) is 30.5 Å². The van der Waals surface area contributed by atoms with E-state index in [1.807, 2.05) is 30.0 Å². The van der Waals surface area contributed by atoms with Gasteiger partial charge in [0.15, 0.2) is 0 Å². The second-order valence-electron chi connectivity index (χ2n) is 6.68. The van der Waals surface area contributed by atoms with E-state index in [4.69, 9.17) is 4.98 Å². The molecular formula is C19H23FN4O. The standard InChI is InChI=1S/C19H23FN4O/c1-13(25)24-9-5-7-15(12-24)18-17(11-21-19(22-18)23(2)3)14-6-4-8-16(20)10-14/h4,6,8,10-11,15H,5,7,9,12H2,1-3H3/t15-/m0/s1. The summed E-state index contributed by atoms with van der Waals surface area (Å²) in [5.74, 6) is 0.542. The predicted octanol–water partition coefficient (Wildman–Crippen LogP) is 3.07. The van der Waals surface area contributed by atoms with E-state index in [1.54, 1.807) is 19.2 Å². The molecule has 0 spiro atoms. The summed E-state index contributed by atoms with van der Waals surface area (Å²) in [6.07, 6.45) is 3.66. The van der Waals surface area contributed by atoms with Crippen LogP contribution in [0.15, 0.2) is 30.5 Å². The van der Waals surface area contributed by atoms with Gasteiger partial charge in [0.2, 0.25) is 11.9 Å². The minimum absolute atomic E-state index is 0.0823. The highest BCUT2D eigenvalue weighted by atomic mass is 19.1. The van der Waals surface area contributed by atoms with Crippen LogP contribution in [0.25, 0.3) is 11.1 Å². The van der Waals surface area contributed by atoms with Crippen molar-refractivity contribution >= 4 is 11.9 Å². The van der Waals surface area contributed by atoms with Crippen LogP contribution >= 0.6 is 0 Å². The largest absolute Gasteiger partial charge is 0.347 e. The highest BCUT2D eigenvalue weighted by molar-refractivity contribution is 5.73. The highest BCUT2D eigenvalue weighted by Gasteiger charge is 2.27. The second-order valence-corrected chi connectivity index (χ2v) is 6.68. The molecule has 1 aromatic carbocycles. The fourth-order valence-electron chi connectivity index (χ4n) is 3.28. The second kappa shape index (κ2) is 7.17. The Morgan fingerprint density at radius 2 is 2.16 bits per heavy atom. The molecule has 2 heterocycles. The van der Waals surface area contributed by atoms with Gasteiger partial charge in [-0.3, -0.25) is 4.79 Å². The van der Waals surface area contributed by atoms with Crippen LogP contribution in [0.5, 0.6) is 0 Å². The number of rotatable bonds is 3. The quantitative estimate of drug-likeness (QED) is 0.860. The third-order valence-electron chi connectivity index (χ3n) is 4.59. The van der Waals surface area contributed by atoms with Crippen molar-refractivity contribution in [3.63, 3.8) is 0 Å². The number of carbonyl (C=O) groups excluding carboxylic acids is 1. The number of hydrogen-bond donors (Lipinski definition) is 0. The molecule has 0 aliphatic carbocycles. The van der Waals surface area contributed by atoms with Crippen LogP contribution in [0, 0.1) is 5.82 Å². The van der Waals surface area contributed by atoms with E-state index in [2.05, 4.69) is 4.98 Å². The van der Waals surface area contributed by atoms with Crippen molar-refractivity contribution in [2.75, 3.05) is 32.1 Å². The smallest absolute Gasteiger partial charge is 0.225 e. The molecule has 0 unspecified atom stereocenters. The first-order chi connectivity index (χ1) is 12.0. The summed E-state index contributed by atoms with van der Waals surface area (Å²) in [6.45, 7) is 3.02. The molecule has 6 heteroatoms. The first kappa shape index (κ1) is 17.3. The molecule has 0 saturated carbocycles. The van der Waals surface area contributed by atoms with Crippen LogP contribution in [0.1, 0.15) is 31.4 Å². The normalized spacial score (nSPS) is 17.4. The van der Waals surface area contributed by atoms with Gasteiger partial charge in [-0.1, -0.05) is 12.1 Å². The maximum absolute atomic E-state index is 13.7. The Hall–Kier alpha value is -2.50. The number of likely N-dealkylation sites (tertiary alicyclic amines) is 1. The number of carbonyl (C=O) groups is 1. The fourth-order valence-corrected chi connectivity index (χ4v) is 3.28. The predicted molar refractivity (Wildman–Crippen MR) is 96.0 cm³/mol. The summed E-state index contributed by atoms with van der Waals surface area (Å²) in [4.78, 5) is 24.7. The number of hydrogen-bond acceptors (Lipinski definition) is 4. The van der Waals surface area contributed by atoms with Gasteiger partial charge in [-0.15, -0.1) is 0 Å². The molecular weight excluding hydrogens is 319 g/mol. The number of amides is 1. The van der Waals surface area contributed by atoms with E-state index >= 15 is 0 Å². The monoisotopic (exact) mass is 342 g/mol. The number of aromatic nitrogens is 2. The lowest BCUT2D eigenvalue weighted by atomic mass is 9.90. The average molecular weight is 342 g/mol. The molecule has 1 aromatic heterocycles. The molecule has 1 fully saturated rings. The van der Waals surface area contributed by atoms with E-state index in [0.29, 0.717) is 12.5 Å². The van der Waals surface area contributed by atoms with Crippen molar-refractivity contribution in [2.24, 2.45) is 0 Å². The molecule has 1 aliphatic heterocycles. The number of halogens is 1. The van der Waals surface area contributed by atoms with E-state index in [-0.39, 0.29) is 17.6 Å². The van der Waals surface area contributed by atoms with Gasteiger partial charge in [0, 0.05) is 51.8 Å². The minimum Gasteiger partial charge on any atom is -0.347 e. The molecule has 1 amide bonds. The number of piperidine rings is 1. The van der Waals surface area contributed by atoms with Gasteiger partial charge in [0.05, 0.1) is 5.69 Å². The van der Waals surface area contributed by atoms with Gasteiger partial charge < -0.3 is 9.80 Å². The maximum Gasteiger partial charge on any atom is 0.225 e. The Morgan fingerprint density at radius 3 is 2.84 bits per heavy atom.